The number of fused-ring (bicyclic) bond motifs is 2. The Balaban J connectivity index is 1.66. The number of para-hydroxylation sites is 2. The first-order valence-electron chi connectivity index (χ1n) is 8.93. The van der Waals surface area contributed by atoms with Crippen LogP contribution < -0.4 is 15.0 Å². The molecule has 0 saturated carbocycles. The first-order valence-corrected chi connectivity index (χ1v) is 8.93. The van der Waals surface area contributed by atoms with Crippen molar-refractivity contribution in [3.63, 3.8) is 0 Å². The van der Waals surface area contributed by atoms with Gasteiger partial charge >= 0.3 is 0 Å². The number of hydrogen-bond acceptors (Lipinski definition) is 3. The summed E-state index contributed by atoms with van der Waals surface area (Å²) in [5.74, 6) is -0.340. The van der Waals surface area contributed by atoms with Gasteiger partial charge in [-0.25, -0.2) is 0 Å². The van der Waals surface area contributed by atoms with Gasteiger partial charge in [-0.1, -0.05) is 42.5 Å². The molecule has 3 aromatic carbocycles. The smallest absolute Gasteiger partial charge is 0.280 e. The van der Waals surface area contributed by atoms with Gasteiger partial charge in [0, 0.05) is 12.2 Å². The topological polar surface area (TPSA) is 58.6 Å². The number of ether oxygens (including phenoxy) is 1. The molecule has 0 fully saturated rings. The Bertz CT molecular complexity index is 1050. The molecule has 1 aliphatic heterocycles. The molecule has 5 heteroatoms. The van der Waals surface area contributed by atoms with Gasteiger partial charge in [0.1, 0.15) is 5.75 Å². The fourth-order valence-electron chi connectivity index (χ4n) is 3.37. The molecule has 1 unspecified atom stereocenters. The number of nitrogens with one attached hydrogen (secondary N) is 1. The zero-order chi connectivity index (χ0) is 19.0. The first-order chi connectivity index (χ1) is 13.0. The molecular weight excluding hydrogens is 340 g/mol. The summed E-state index contributed by atoms with van der Waals surface area (Å²) in [6, 6.07) is 20.8. The summed E-state index contributed by atoms with van der Waals surface area (Å²) >= 11 is 0. The molecule has 0 aromatic heterocycles. The largest absolute Gasteiger partial charge is 0.465 e. The van der Waals surface area contributed by atoms with E-state index < -0.39 is 11.5 Å². The van der Waals surface area contributed by atoms with Gasteiger partial charge in [0.15, 0.2) is 0 Å². The maximum atomic E-state index is 13.0. The van der Waals surface area contributed by atoms with Crippen molar-refractivity contribution in [3.8, 4) is 5.75 Å². The van der Waals surface area contributed by atoms with E-state index in [1.54, 1.807) is 11.0 Å². The molecule has 2 amide bonds. The second kappa shape index (κ2) is 6.43. The Labute approximate surface area is 157 Å². The van der Waals surface area contributed by atoms with Gasteiger partial charge in [0.2, 0.25) is 0 Å². The fraction of sp³-hybridized carbons (Fsp3) is 0.182. The normalized spacial score (nSPS) is 18.7. The van der Waals surface area contributed by atoms with E-state index in [-0.39, 0.29) is 5.91 Å². The second-order valence-electron chi connectivity index (χ2n) is 6.67. The summed E-state index contributed by atoms with van der Waals surface area (Å²) < 4.78 is 5.88. The molecular formula is C22H20N2O3. The van der Waals surface area contributed by atoms with E-state index in [0.717, 1.165) is 10.8 Å². The number of benzene rings is 3. The van der Waals surface area contributed by atoms with E-state index in [9.17, 15) is 9.59 Å². The van der Waals surface area contributed by atoms with Crippen LogP contribution in [0.5, 0.6) is 5.75 Å². The number of likely N-dealkylation sites (N-methyl/N-ethyl adjacent to an activating group) is 1. The van der Waals surface area contributed by atoms with Crippen LogP contribution in [0.15, 0.2) is 66.7 Å². The molecule has 0 radical (unpaired) electrons. The predicted molar refractivity (Wildman–Crippen MR) is 106 cm³/mol. The molecule has 1 N–H and O–H groups in total. The standard InChI is InChI=1S/C22H20N2O3/c1-3-24-18-10-6-7-11-19(18)27-22(2,21(24)26)20(25)23-17-13-12-15-8-4-5-9-16(15)14-17/h4-14H,3H2,1-2H3,(H,23,25). The molecule has 1 atom stereocenters. The zero-order valence-electron chi connectivity index (χ0n) is 15.2. The SMILES string of the molecule is CCN1C(=O)C(C)(C(=O)Nc2ccc3ccccc3c2)Oc2ccccc21. The van der Waals surface area contributed by atoms with Crippen LogP contribution in [0.4, 0.5) is 11.4 Å². The molecule has 5 nitrogen and oxygen atoms in total. The Hall–Kier alpha value is -3.34. The van der Waals surface area contributed by atoms with Gasteiger partial charge in [0.05, 0.1) is 5.69 Å². The summed E-state index contributed by atoms with van der Waals surface area (Å²) in [6.07, 6.45) is 0. The van der Waals surface area contributed by atoms with Crippen LogP contribution >= 0.6 is 0 Å². The highest BCUT2D eigenvalue weighted by Gasteiger charge is 2.50. The number of anilines is 2. The van der Waals surface area contributed by atoms with Crippen LogP contribution in [-0.4, -0.2) is 24.0 Å². The molecule has 0 aliphatic carbocycles. The third kappa shape index (κ3) is 2.81. The number of nitrogens with zero attached hydrogens (tertiary/aromatic N) is 1. The van der Waals surface area contributed by atoms with E-state index >= 15 is 0 Å². The van der Waals surface area contributed by atoms with Crippen LogP contribution in [0.2, 0.25) is 0 Å². The molecule has 4 rings (SSSR count). The highest BCUT2D eigenvalue weighted by atomic mass is 16.5. The fourth-order valence-corrected chi connectivity index (χ4v) is 3.37. The minimum atomic E-state index is -1.63. The molecule has 0 spiro atoms. The van der Waals surface area contributed by atoms with Gasteiger partial charge in [-0.05, 0) is 48.9 Å². The second-order valence-corrected chi connectivity index (χ2v) is 6.67. The molecule has 1 heterocycles. The van der Waals surface area contributed by atoms with Crippen molar-refractivity contribution in [1.29, 1.82) is 0 Å². The van der Waals surface area contributed by atoms with E-state index in [0.29, 0.717) is 23.7 Å². The number of rotatable bonds is 3. The van der Waals surface area contributed by atoms with E-state index in [1.807, 2.05) is 67.6 Å². The lowest BCUT2D eigenvalue weighted by molar-refractivity contribution is -0.145. The van der Waals surface area contributed by atoms with E-state index in [1.165, 1.54) is 6.92 Å². The van der Waals surface area contributed by atoms with Crippen molar-refractivity contribution < 1.29 is 14.3 Å². The molecule has 1 aliphatic rings. The minimum absolute atomic E-state index is 0.373. The lowest BCUT2D eigenvalue weighted by Crippen LogP contribution is -2.60. The lowest BCUT2D eigenvalue weighted by atomic mass is 9.99. The van der Waals surface area contributed by atoms with Crippen molar-refractivity contribution in [2.24, 2.45) is 0 Å². The average Bonchev–Trinajstić information content (AvgIpc) is 2.69. The lowest BCUT2D eigenvalue weighted by Gasteiger charge is -2.39. The van der Waals surface area contributed by atoms with Crippen molar-refractivity contribution >= 4 is 34.0 Å². The summed E-state index contributed by atoms with van der Waals surface area (Å²) in [5, 5.41) is 4.93. The van der Waals surface area contributed by atoms with Crippen LogP contribution in [0.1, 0.15) is 13.8 Å². The molecule has 3 aromatic rings. The van der Waals surface area contributed by atoms with Gasteiger partial charge < -0.3 is 15.0 Å². The first kappa shape index (κ1) is 17.1. The number of carbonyl (C=O) groups is 2. The van der Waals surface area contributed by atoms with Crippen molar-refractivity contribution in [2.75, 3.05) is 16.8 Å². The minimum Gasteiger partial charge on any atom is -0.465 e. The van der Waals surface area contributed by atoms with Crippen LogP contribution in [0, 0.1) is 0 Å². The summed E-state index contributed by atoms with van der Waals surface area (Å²) in [7, 11) is 0. The number of amides is 2. The van der Waals surface area contributed by atoms with Crippen molar-refractivity contribution in [3.05, 3.63) is 66.7 Å². The van der Waals surface area contributed by atoms with Crippen LogP contribution in [-0.2, 0) is 9.59 Å². The highest BCUT2D eigenvalue weighted by Crippen LogP contribution is 2.38. The molecule has 0 bridgehead atoms. The van der Waals surface area contributed by atoms with Gasteiger partial charge in [0.25, 0.3) is 17.4 Å². The molecule has 27 heavy (non-hydrogen) atoms. The maximum Gasteiger partial charge on any atom is 0.280 e. The average molecular weight is 360 g/mol. The third-order valence-electron chi connectivity index (χ3n) is 4.88. The maximum absolute atomic E-state index is 13.0. The van der Waals surface area contributed by atoms with Gasteiger partial charge in [-0.15, -0.1) is 0 Å². The van der Waals surface area contributed by atoms with Crippen LogP contribution in [0.3, 0.4) is 0 Å². The zero-order valence-corrected chi connectivity index (χ0v) is 15.2. The predicted octanol–water partition coefficient (Wildman–Crippen LogP) is 3.98. The quantitative estimate of drug-likeness (QED) is 0.719. The Kier molecular flexibility index (Phi) is 4.07. The highest BCUT2D eigenvalue weighted by molar-refractivity contribution is 6.20. The van der Waals surface area contributed by atoms with E-state index in [2.05, 4.69) is 5.32 Å². The van der Waals surface area contributed by atoms with Crippen molar-refractivity contribution in [1.82, 2.24) is 0 Å². The molecule has 136 valence electrons. The molecule has 0 saturated heterocycles. The van der Waals surface area contributed by atoms with Gasteiger partial charge in [-0.2, -0.15) is 0 Å². The van der Waals surface area contributed by atoms with Crippen molar-refractivity contribution in [2.45, 2.75) is 19.4 Å². The monoisotopic (exact) mass is 360 g/mol. The Morgan fingerprint density at radius 3 is 2.52 bits per heavy atom. The van der Waals surface area contributed by atoms with E-state index in [4.69, 9.17) is 4.74 Å². The number of hydrogen-bond donors (Lipinski definition) is 1. The number of carbonyl (C=O) groups excluding carboxylic acids is 2. The van der Waals surface area contributed by atoms with Crippen LogP contribution in [0.25, 0.3) is 10.8 Å². The summed E-state index contributed by atoms with van der Waals surface area (Å²) in [5.41, 5.74) is -0.324. The Morgan fingerprint density at radius 2 is 1.74 bits per heavy atom. The van der Waals surface area contributed by atoms with Gasteiger partial charge in [-0.3, -0.25) is 9.59 Å². The Morgan fingerprint density at radius 1 is 1.04 bits per heavy atom. The summed E-state index contributed by atoms with van der Waals surface area (Å²) in [4.78, 5) is 27.6. The third-order valence-corrected chi connectivity index (χ3v) is 4.88. The summed E-state index contributed by atoms with van der Waals surface area (Å²) in [6.45, 7) is 3.85.